The number of fused-ring (bicyclic) bond motifs is 4. The molecule has 0 bridgehead atoms. The van der Waals surface area contributed by atoms with E-state index in [1.54, 1.807) is 17.6 Å². The van der Waals surface area contributed by atoms with Gasteiger partial charge in [-0.2, -0.15) is 0 Å². The summed E-state index contributed by atoms with van der Waals surface area (Å²) in [5, 5.41) is 0.534. The molecular weight excluding hydrogens is 476 g/mol. The fourth-order valence-corrected chi connectivity index (χ4v) is 5.08. The maximum Gasteiger partial charge on any atom is 0.274 e. The minimum atomic E-state index is -0.0922. The van der Waals surface area contributed by atoms with E-state index in [0.717, 1.165) is 22.2 Å². The van der Waals surface area contributed by atoms with E-state index in [9.17, 15) is 4.79 Å². The van der Waals surface area contributed by atoms with Crippen molar-refractivity contribution < 1.29 is 18.9 Å². The molecule has 34 heavy (non-hydrogen) atoms. The van der Waals surface area contributed by atoms with E-state index in [1.165, 1.54) is 11.3 Å². The van der Waals surface area contributed by atoms with Crippen molar-refractivity contribution in [2.75, 3.05) is 13.9 Å². The predicted octanol–water partition coefficient (Wildman–Crippen LogP) is 4.43. The Morgan fingerprint density at radius 1 is 1.12 bits per heavy atom. The highest BCUT2D eigenvalue weighted by Gasteiger charge is 2.17. The molecule has 5 aromatic rings. The molecule has 6 rings (SSSR count). The largest absolute Gasteiger partial charge is 0.493 e. The zero-order valence-electron chi connectivity index (χ0n) is 17.9. The Balaban J connectivity index is 1.30. The fourth-order valence-electron chi connectivity index (χ4n) is 3.88. The molecule has 0 saturated heterocycles. The van der Waals surface area contributed by atoms with Gasteiger partial charge in [-0.3, -0.25) is 4.79 Å². The summed E-state index contributed by atoms with van der Waals surface area (Å²) >= 11 is 7.71. The molecule has 3 heterocycles. The lowest BCUT2D eigenvalue weighted by molar-refractivity contribution is 0.174. The van der Waals surface area contributed by atoms with Crippen LogP contribution in [0.1, 0.15) is 11.1 Å². The Bertz CT molecular complexity index is 1680. The molecule has 1 aliphatic heterocycles. The molecule has 0 radical (unpaired) electrons. The summed E-state index contributed by atoms with van der Waals surface area (Å²) in [6.07, 6.45) is 1.83. The summed E-state index contributed by atoms with van der Waals surface area (Å²) in [4.78, 5) is 18.2. The fraction of sp³-hybridized carbons (Fsp3) is 0.120. The first-order valence-electron chi connectivity index (χ1n) is 10.4. The van der Waals surface area contributed by atoms with Crippen molar-refractivity contribution in [2.24, 2.45) is 0 Å². The van der Waals surface area contributed by atoms with Crippen LogP contribution in [-0.2, 0) is 6.61 Å². The Kier molecular flexibility index (Phi) is 5.04. The van der Waals surface area contributed by atoms with E-state index in [4.69, 9.17) is 30.5 Å². The van der Waals surface area contributed by atoms with Gasteiger partial charge in [0.2, 0.25) is 6.79 Å². The number of nitrogens with zero attached hydrogens (tertiary/aromatic N) is 2. The lowest BCUT2D eigenvalue weighted by Crippen LogP contribution is -2.22. The molecule has 9 heteroatoms. The number of thiazole rings is 1. The molecule has 7 nitrogen and oxygen atoms in total. The number of hydrogen-bond donors (Lipinski definition) is 0. The average molecular weight is 493 g/mol. The van der Waals surface area contributed by atoms with Crippen molar-refractivity contribution in [3.8, 4) is 23.0 Å². The third kappa shape index (κ3) is 3.52. The monoisotopic (exact) mass is 492 g/mol. The van der Waals surface area contributed by atoms with Gasteiger partial charge in [0.05, 0.1) is 27.7 Å². The van der Waals surface area contributed by atoms with Gasteiger partial charge >= 0.3 is 0 Å². The molecule has 0 fully saturated rings. The molecular formula is C25H17ClN2O5S. The molecule has 0 N–H and O–H groups in total. The van der Waals surface area contributed by atoms with Crippen LogP contribution in [0.3, 0.4) is 0 Å². The second kappa shape index (κ2) is 8.23. The van der Waals surface area contributed by atoms with Crippen molar-refractivity contribution in [3.05, 3.63) is 85.6 Å². The van der Waals surface area contributed by atoms with Crippen molar-refractivity contribution in [3.63, 3.8) is 0 Å². The van der Waals surface area contributed by atoms with Crippen molar-refractivity contribution >= 4 is 45.0 Å². The Labute approximate surface area is 202 Å². The summed E-state index contributed by atoms with van der Waals surface area (Å²) in [6.45, 7) is 0.411. The molecule has 3 aromatic carbocycles. The number of benzene rings is 3. The number of hydrogen-bond acceptors (Lipinski definition) is 7. The summed E-state index contributed by atoms with van der Waals surface area (Å²) < 4.78 is 24.5. The van der Waals surface area contributed by atoms with Gasteiger partial charge in [-0.1, -0.05) is 41.1 Å². The van der Waals surface area contributed by atoms with E-state index in [-0.39, 0.29) is 19.0 Å². The van der Waals surface area contributed by atoms with Gasteiger partial charge in [0.1, 0.15) is 6.61 Å². The van der Waals surface area contributed by atoms with E-state index >= 15 is 0 Å². The van der Waals surface area contributed by atoms with E-state index in [2.05, 4.69) is 4.98 Å². The molecule has 2 aromatic heterocycles. The molecule has 0 amide bonds. The molecule has 0 unspecified atom stereocenters. The van der Waals surface area contributed by atoms with Gasteiger partial charge < -0.3 is 18.9 Å². The molecule has 0 spiro atoms. The van der Waals surface area contributed by atoms with Crippen LogP contribution in [0.15, 0.2) is 59.4 Å². The van der Waals surface area contributed by atoms with Gasteiger partial charge in [-0.25, -0.2) is 9.38 Å². The van der Waals surface area contributed by atoms with Crippen LogP contribution in [0.2, 0.25) is 5.02 Å². The van der Waals surface area contributed by atoms with Crippen LogP contribution in [0, 0.1) is 0 Å². The summed E-state index contributed by atoms with van der Waals surface area (Å²) in [7, 11) is 1.57. The minimum absolute atomic E-state index is 0.0922. The highest BCUT2D eigenvalue weighted by atomic mass is 35.5. The first kappa shape index (κ1) is 20.8. The molecule has 1 aliphatic rings. The van der Waals surface area contributed by atoms with Crippen LogP contribution >= 0.6 is 22.9 Å². The van der Waals surface area contributed by atoms with Crippen LogP contribution in [-0.4, -0.2) is 23.3 Å². The van der Waals surface area contributed by atoms with Crippen LogP contribution in [0.25, 0.3) is 22.1 Å². The maximum absolute atomic E-state index is 13.0. The number of ether oxygens (including phenoxy) is 4. The maximum atomic E-state index is 13.0. The SMILES string of the molecule is COc1cc(C=c2sc3nc4ccccc4n3c2=O)ccc1OCc1cc2c(cc1Cl)OCO2. The Hall–Kier alpha value is -3.75. The molecule has 170 valence electrons. The van der Waals surface area contributed by atoms with Crippen molar-refractivity contribution in [1.29, 1.82) is 0 Å². The molecule has 0 aliphatic carbocycles. The van der Waals surface area contributed by atoms with E-state index in [1.807, 2.05) is 54.6 Å². The summed E-state index contributed by atoms with van der Waals surface area (Å²) in [5.41, 5.74) is 3.11. The number of imidazole rings is 1. The highest BCUT2D eigenvalue weighted by Crippen LogP contribution is 2.37. The zero-order chi connectivity index (χ0) is 23.2. The molecule has 0 atom stereocenters. The van der Waals surface area contributed by atoms with Gasteiger partial charge in [0.15, 0.2) is 28.0 Å². The second-order valence-electron chi connectivity index (χ2n) is 7.63. The third-order valence-corrected chi connectivity index (χ3v) is 6.88. The number of aromatic nitrogens is 2. The average Bonchev–Trinajstić information content (AvgIpc) is 3.52. The van der Waals surface area contributed by atoms with Gasteiger partial charge in [-0.15, -0.1) is 0 Å². The Morgan fingerprint density at radius 3 is 2.79 bits per heavy atom. The lowest BCUT2D eigenvalue weighted by atomic mass is 10.2. The van der Waals surface area contributed by atoms with Crippen LogP contribution in [0.5, 0.6) is 23.0 Å². The number of methoxy groups -OCH3 is 1. The smallest absolute Gasteiger partial charge is 0.274 e. The number of rotatable bonds is 5. The highest BCUT2D eigenvalue weighted by molar-refractivity contribution is 7.15. The summed E-state index contributed by atoms with van der Waals surface area (Å²) in [5.74, 6) is 2.37. The first-order valence-corrected chi connectivity index (χ1v) is 11.6. The second-order valence-corrected chi connectivity index (χ2v) is 9.05. The quantitative estimate of drug-likeness (QED) is 0.361. The number of halogens is 1. The standard InChI is InChI=1S/C25H17ClN2O5S/c1-30-20-8-14(9-23-24(29)28-18-5-3-2-4-17(18)27-25(28)34-23)6-7-19(20)31-12-15-10-21-22(11-16(15)26)33-13-32-21/h2-11H,12-13H2,1H3. The van der Waals surface area contributed by atoms with E-state index < -0.39 is 0 Å². The topological polar surface area (TPSA) is 71.3 Å². The third-order valence-electron chi connectivity index (χ3n) is 5.56. The van der Waals surface area contributed by atoms with E-state index in [0.29, 0.717) is 37.5 Å². The van der Waals surface area contributed by atoms with Crippen molar-refractivity contribution in [1.82, 2.24) is 9.38 Å². The van der Waals surface area contributed by atoms with Crippen LogP contribution in [0.4, 0.5) is 0 Å². The normalized spacial score (nSPS) is 13.2. The minimum Gasteiger partial charge on any atom is -0.493 e. The van der Waals surface area contributed by atoms with Crippen LogP contribution < -0.4 is 29.0 Å². The first-order chi connectivity index (χ1) is 16.6. The van der Waals surface area contributed by atoms with Gasteiger partial charge in [0, 0.05) is 11.6 Å². The van der Waals surface area contributed by atoms with Gasteiger partial charge in [0.25, 0.3) is 5.56 Å². The zero-order valence-corrected chi connectivity index (χ0v) is 19.5. The Morgan fingerprint density at radius 2 is 1.94 bits per heavy atom. The summed E-state index contributed by atoms with van der Waals surface area (Å²) in [6, 6.07) is 16.7. The number of para-hydroxylation sites is 2. The lowest BCUT2D eigenvalue weighted by Gasteiger charge is -2.12. The van der Waals surface area contributed by atoms with Gasteiger partial charge in [-0.05, 0) is 42.0 Å². The molecule has 0 saturated carbocycles. The predicted molar refractivity (Wildman–Crippen MR) is 131 cm³/mol. The van der Waals surface area contributed by atoms with Crippen molar-refractivity contribution in [2.45, 2.75) is 6.61 Å².